The molecule has 3 heterocycles. The number of ether oxygens (including phenoxy) is 1. The van der Waals surface area contributed by atoms with Crippen LogP contribution >= 0.6 is 0 Å². The summed E-state index contributed by atoms with van der Waals surface area (Å²) < 4.78 is 7.27. The summed E-state index contributed by atoms with van der Waals surface area (Å²) in [6.45, 7) is 15.0. The second kappa shape index (κ2) is 7.45. The van der Waals surface area contributed by atoms with Gasteiger partial charge in [-0.1, -0.05) is 20.8 Å². The van der Waals surface area contributed by atoms with Crippen molar-refractivity contribution in [3.05, 3.63) is 36.3 Å². The maximum absolute atomic E-state index is 12.2. The van der Waals surface area contributed by atoms with E-state index in [0.717, 1.165) is 24.6 Å². The lowest BCUT2D eigenvalue weighted by molar-refractivity contribution is 0.0240. The predicted molar refractivity (Wildman–Crippen MR) is 110 cm³/mol. The normalized spacial score (nSPS) is 15.6. The number of carbonyl (C=O) groups is 1. The Morgan fingerprint density at radius 1 is 1.00 bits per heavy atom. The summed E-state index contributed by atoms with van der Waals surface area (Å²) in [5, 5.41) is 4.44. The van der Waals surface area contributed by atoms with Gasteiger partial charge in [0.1, 0.15) is 5.60 Å². The van der Waals surface area contributed by atoms with Crippen LogP contribution in [-0.4, -0.2) is 57.5 Å². The first-order valence-electron chi connectivity index (χ1n) is 9.77. The monoisotopic (exact) mass is 385 g/mol. The Kier molecular flexibility index (Phi) is 5.37. The van der Waals surface area contributed by atoms with Gasteiger partial charge in [0, 0.05) is 32.4 Å². The summed E-state index contributed by atoms with van der Waals surface area (Å²) in [7, 11) is 0. The number of aromatic nitrogens is 3. The number of pyridine rings is 1. The molecule has 7 nitrogen and oxygen atoms in total. The molecule has 7 heteroatoms. The SMILES string of the molecule is CC(C)(C)OC(=O)N1CCN(c2ccc(-n3cc(C(C)(C)C)cn3)nc2)CC1. The molecule has 0 N–H and O–H groups in total. The van der Waals surface area contributed by atoms with E-state index in [2.05, 4.69) is 41.8 Å². The summed E-state index contributed by atoms with van der Waals surface area (Å²) in [6, 6.07) is 4.04. The van der Waals surface area contributed by atoms with Crippen LogP contribution in [0.25, 0.3) is 5.82 Å². The van der Waals surface area contributed by atoms with Crippen LogP contribution in [0.3, 0.4) is 0 Å². The molecule has 0 aliphatic carbocycles. The molecule has 152 valence electrons. The molecule has 1 aliphatic heterocycles. The number of piperazine rings is 1. The van der Waals surface area contributed by atoms with Crippen LogP contribution in [0.4, 0.5) is 10.5 Å². The summed E-state index contributed by atoms with van der Waals surface area (Å²) in [5.74, 6) is 0.798. The van der Waals surface area contributed by atoms with Crippen LogP contribution in [0.1, 0.15) is 47.1 Å². The largest absolute Gasteiger partial charge is 0.444 e. The van der Waals surface area contributed by atoms with Gasteiger partial charge < -0.3 is 14.5 Å². The van der Waals surface area contributed by atoms with Crippen molar-refractivity contribution < 1.29 is 9.53 Å². The van der Waals surface area contributed by atoms with E-state index in [9.17, 15) is 4.79 Å². The average Bonchev–Trinajstić information content (AvgIpc) is 3.11. The van der Waals surface area contributed by atoms with Crippen LogP contribution in [0.5, 0.6) is 0 Å². The van der Waals surface area contributed by atoms with Gasteiger partial charge in [0.25, 0.3) is 0 Å². The Bertz CT molecular complexity index is 807. The zero-order chi connectivity index (χ0) is 20.5. The van der Waals surface area contributed by atoms with E-state index in [1.54, 1.807) is 4.90 Å². The highest BCUT2D eigenvalue weighted by atomic mass is 16.6. The van der Waals surface area contributed by atoms with Crippen molar-refractivity contribution in [1.29, 1.82) is 0 Å². The van der Waals surface area contributed by atoms with Crippen molar-refractivity contribution in [3.63, 3.8) is 0 Å². The van der Waals surface area contributed by atoms with Crippen LogP contribution in [-0.2, 0) is 10.2 Å². The molecule has 0 aromatic carbocycles. The Labute approximate surface area is 167 Å². The Morgan fingerprint density at radius 3 is 2.18 bits per heavy atom. The first-order valence-corrected chi connectivity index (χ1v) is 9.77. The van der Waals surface area contributed by atoms with E-state index in [1.807, 2.05) is 50.1 Å². The fourth-order valence-electron chi connectivity index (χ4n) is 3.01. The number of hydrogen-bond acceptors (Lipinski definition) is 5. The van der Waals surface area contributed by atoms with Crippen molar-refractivity contribution in [1.82, 2.24) is 19.7 Å². The van der Waals surface area contributed by atoms with Crippen LogP contribution in [0.15, 0.2) is 30.7 Å². The Hall–Kier alpha value is -2.57. The van der Waals surface area contributed by atoms with E-state index in [-0.39, 0.29) is 11.5 Å². The van der Waals surface area contributed by atoms with Gasteiger partial charge in [0.2, 0.25) is 0 Å². The number of rotatable bonds is 2. The molecule has 0 radical (unpaired) electrons. The predicted octanol–water partition coefficient (Wildman–Crippen LogP) is 3.62. The van der Waals surface area contributed by atoms with Gasteiger partial charge in [-0.15, -0.1) is 0 Å². The second-order valence-corrected chi connectivity index (χ2v) is 9.25. The van der Waals surface area contributed by atoms with E-state index in [4.69, 9.17) is 4.74 Å². The van der Waals surface area contributed by atoms with Crippen LogP contribution in [0, 0.1) is 0 Å². The van der Waals surface area contributed by atoms with E-state index in [1.165, 1.54) is 5.56 Å². The van der Waals surface area contributed by atoms with Crippen molar-refractivity contribution >= 4 is 11.8 Å². The molecule has 0 bridgehead atoms. The van der Waals surface area contributed by atoms with Crippen molar-refractivity contribution in [2.24, 2.45) is 0 Å². The van der Waals surface area contributed by atoms with Crippen molar-refractivity contribution in [2.75, 3.05) is 31.1 Å². The summed E-state index contributed by atoms with van der Waals surface area (Å²) in [6.07, 6.45) is 5.55. The fraction of sp³-hybridized carbons (Fsp3) is 0.571. The lowest BCUT2D eigenvalue weighted by atomic mass is 9.90. The van der Waals surface area contributed by atoms with Gasteiger partial charge in [-0.25, -0.2) is 14.5 Å². The maximum atomic E-state index is 12.2. The van der Waals surface area contributed by atoms with Gasteiger partial charge in [-0.2, -0.15) is 5.10 Å². The third kappa shape index (κ3) is 4.82. The third-order valence-corrected chi connectivity index (χ3v) is 4.71. The summed E-state index contributed by atoms with van der Waals surface area (Å²) in [5.41, 5.74) is 1.83. The molecule has 0 atom stereocenters. The zero-order valence-corrected chi connectivity index (χ0v) is 17.8. The molecule has 3 rings (SSSR count). The number of carbonyl (C=O) groups excluding carboxylic acids is 1. The highest BCUT2D eigenvalue weighted by Gasteiger charge is 2.26. The first kappa shape index (κ1) is 20.2. The highest BCUT2D eigenvalue weighted by molar-refractivity contribution is 5.68. The molecule has 1 aliphatic rings. The molecule has 1 fully saturated rings. The minimum Gasteiger partial charge on any atom is -0.444 e. The first-order chi connectivity index (χ1) is 13.0. The molecule has 28 heavy (non-hydrogen) atoms. The molecule has 1 saturated heterocycles. The average molecular weight is 386 g/mol. The summed E-state index contributed by atoms with van der Waals surface area (Å²) in [4.78, 5) is 20.8. The van der Waals surface area contributed by atoms with E-state index in [0.29, 0.717) is 13.1 Å². The molecule has 0 unspecified atom stereocenters. The topological polar surface area (TPSA) is 63.5 Å². The zero-order valence-electron chi connectivity index (χ0n) is 17.8. The molecular weight excluding hydrogens is 354 g/mol. The minimum absolute atomic E-state index is 0.0615. The Morgan fingerprint density at radius 2 is 1.68 bits per heavy atom. The van der Waals surface area contributed by atoms with E-state index >= 15 is 0 Å². The number of amides is 1. The van der Waals surface area contributed by atoms with Crippen LogP contribution in [0.2, 0.25) is 0 Å². The molecule has 2 aromatic rings. The van der Waals surface area contributed by atoms with Crippen LogP contribution < -0.4 is 4.90 Å². The molecule has 0 spiro atoms. The van der Waals surface area contributed by atoms with Gasteiger partial charge in [-0.3, -0.25) is 0 Å². The smallest absolute Gasteiger partial charge is 0.410 e. The quantitative estimate of drug-likeness (QED) is 0.790. The number of anilines is 1. The van der Waals surface area contributed by atoms with E-state index < -0.39 is 5.60 Å². The molecular formula is C21H31N5O2. The second-order valence-electron chi connectivity index (χ2n) is 9.25. The van der Waals surface area contributed by atoms with Crippen molar-refractivity contribution in [2.45, 2.75) is 52.6 Å². The Balaban J connectivity index is 1.61. The van der Waals surface area contributed by atoms with Crippen molar-refractivity contribution in [3.8, 4) is 5.82 Å². The summed E-state index contributed by atoms with van der Waals surface area (Å²) >= 11 is 0. The number of hydrogen-bond donors (Lipinski definition) is 0. The molecule has 0 saturated carbocycles. The highest BCUT2D eigenvalue weighted by Crippen LogP contribution is 2.23. The number of nitrogens with zero attached hydrogens (tertiary/aromatic N) is 5. The molecule has 1 amide bonds. The molecule has 2 aromatic heterocycles. The minimum atomic E-state index is -0.465. The van der Waals surface area contributed by atoms with Gasteiger partial charge >= 0.3 is 6.09 Å². The van der Waals surface area contributed by atoms with Gasteiger partial charge in [-0.05, 0) is 43.9 Å². The van der Waals surface area contributed by atoms with Gasteiger partial charge in [0.05, 0.1) is 18.1 Å². The van der Waals surface area contributed by atoms with Gasteiger partial charge in [0.15, 0.2) is 5.82 Å². The fourth-order valence-corrected chi connectivity index (χ4v) is 3.01. The lowest BCUT2D eigenvalue weighted by Gasteiger charge is -2.36. The lowest BCUT2D eigenvalue weighted by Crippen LogP contribution is -2.50. The maximum Gasteiger partial charge on any atom is 0.410 e. The third-order valence-electron chi connectivity index (χ3n) is 4.71. The standard InChI is InChI=1S/C21H31N5O2/c1-20(2,3)16-13-23-26(15-16)18-8-7-17(14-22-18)24-9-11-25(12-10-24)19(27)28-21(4,5)6/h7-8,13-15H,9-12H2,1-6H3.